The van der Waals surface area contributed by atoms with E-state index in [1.165, 1.54) is 16.8 Å². The number of nitrogens with zero attached hydrogens (tertiary/aromatic N) is 3. The van der Waals surface area contributed by atoms with E-state index in [2.05, 4.69) is 47.8 Å². The molecule has 1 aliphatic heterocycles. The first kappa shape index (κ1) is 29.3. The van der Waals surface area contributed by atoms with E-state index in [4.69, 9.17) is 10.5 Å². The van der Waals surface area contributed by atoms with Gasteiger partial charge >= 0.3 is 11.8 Å². The van der Waals surface area contributed by atoms with Gasteiger partial charge in [0.2, 0.25) is 0 Å². The van der Waals surface area contributed by atoms with Gasteiger partial charge in [0.05, 0.1) is 24.0 Å². The van der Waals surface area contributed by atoms with Crippen LogP contribution in [0.3, 0.4) is 0 Å². The maximum absolute atomic E-state index is 13.7. The van der Waals surface area contributed by atoms with Crippen LogP contribution in [0.2, 0.25) is 0 Å². The highest BCUT2D eigenvalue weighted by molar-refractivity contribution is 7.99. The lowest BCUT2D eigenvalue weighted by molar-refractivity contribution is -0.145. The number of primary amides is 1. The number of carbonyl (C=O) groups excluding carboxylic acids is 3. The number of hydrogen-bond acceptors (Lipinski definition) is 7. The van der Waals surface area contributed by atoms with Crippen molar-refractivity contribution in [1.82, 2.24) is 14.4 Å². The Balaban J connectivity index is 1.60. The van der Waals surface area contributed by atoms with E-state index in [0.29, 0.717) is 49.9 Å². The number of para-hydroxylation sites is 1. The molecule has 0 unspecified atom stereocenters. The van der Waals surface area contributed by atoms with Crippen molar-refractivity contribution in [3.63, 3.8) is 0 Å². The fourth-order valence-corrected chi connectivity index (χ4v) is 5.47. The van der Waals surface area contributed by atoms with Crippen LogP contribution in [-0.2, 0) is 28.6 Å². The molecule has 10 nitrogen and oxygen atoms in total. The Morgan fingerprint density at radius 1 is 1.05 bits per heavy atom. The van der Waals surface area contributed by atoms with Crippen molar-refractivity contribution in [2.45, 2.75) is 32.7 Å². The predicted octanol–water partition coefficient (Wildman–Crippen LogP) is 3.56. The number of rotatable bonds is 7. The Morgan fingerprint density at radius 3 is 2.33 bits per heavy atom. The molecule has 3 aromatic rings. The number of aromatic nitrogens is 1. The zero-order chi connectivity index (χ0) is 29.2. The summed E-state index contributed by atoms with van der Waals surface area (Å²) in [5.41, 5.74) is 10.1. The van der Waals surface area contributed by atoms with E-state index in [1.54, 1.807) is 7.11 Å². The summed E-state index contributed by atoms with van der Waals surface area (Å²) in [6, 6.07) is 12.0. The molecule has 11 heteroatoms. The zero-order valence-electron chi connectivity index (χ0n) is 24.0. The van der Waals surface area contributed by atoms with Gasteiger partial charge in [0.15, 0.2) is 5.75 Å². The van der Waals surface area contributed by atoms with Crippen LogP contribution in [0.1, 0.15) is 42.4 Å². The molecule has 3 amide bonds. The number of anilines is 2. The third-order valence-electron chi connectivity index (χ3n) is 7.26. The van der Waals surface area contributed by atoms with E-state index in [9.17, 15) is 14.4 Å². The number of ether oxygens (including phenoxy) is 1. The van der Waals surface area contributed by atoms with Gasteiger partial charge in [0.1, 0.15) is 5.69 Å². The standard InChI is InChI=1S/C29H38N6O4S/c1-29(2,3)20-15-21(25(39-5)22(16-20)32-40-6)31-27(37)23-14-18-8-7-9-19(24(18)33(23)4)17-34-10-12-35(13-11-34)28(38)26(30)36/h7-9,14-16,32H,10-13,17H2,1-6H3,(H2,30,36)(H,31,37). The number of aryl methyl sites for hydroxylation is 1. The molecule has 0 aliphatic carbocycles. The van der Waals surface area contributed by atoms with Crippen molar-refractivity contribution in [3.05, 3.63) is 53.2 Å². The fraction of sp³-hybridized carbons (Fsp3) is 0.414. The molecular weight excluding hydrogens is 528 g/mol. The highest BCUT2D eigenvalue weighted by atomic mass is 32.2. The van der Waals surface area contributed by atoms with Crippen molar-refractivity contribution < 1.29 is 19.1 Å². The minimum atomic E-state index is -0.924. The van der Waals surface area contributed by atoms with E-state index in [-0.39, 0.29) is 11.3 Å². The van der Waals surface area contributed by atoms with E-state index in [1.807, 2.05) is 42.1 Å². The number of nitrogens with one attached hydrogen (secondary N) is 2. The average molecular weight is 567 g/mol. The summed E-state index contributed by atoms with van der Waals surface area (Å²) in [5.74, 6) is -1.22. The smallest absolute Gasteiger partial charge is 0.311 e. The Labute approximate surface area is 239 Å². The van der Waals surface area contributed by atoms with Gasteiger partial charge in [0.25, 0.3) is 5.91 Å². The second-order valence-electron chi connectivity index (χ2n) is 11.0. The van der Waals surface area contributed by atoms with E-state index in [0.717, 1.165) is 27.7 Å². The first-order chi connectivity index (χ1) is 18.9. The predicted molar refractivity (Wildman–Crippen MR) is 161 cm³/mol. The van der Waals surface area contributed by atoms with E-state index < -0.39 is 11.8 Å². The Kier molecular flexibility index (Phi) is 8.65. The lowest BCUT2D eigenvalue weighted by atomic mass is 9.86. The van der Waals surface area contributed by atoms with Crippen molar-refractivity contribution in [2.24, 2.45) is 12.8 Å². The first-order valence-corrected chi connectivity index (χ1v) is 14.4. The minimum Gasteiger partial charge on any atom is -0.492 e. The fourth-order valence-electron chi connectivity index (χ4n) is 5.10. The van der Waals surface area contributed by atoms with Crippen LogP contribution < -0.4 is 20.5 Å². The number of carbonyl (C=O) groups is 3. The van der Waals surface area contributed by atoms with Gasteiger partial charge in [-0.1, -0.05) is 50.9 Å². The number of piperazine rings is 1. The molecule has 4 rings (SSSR count). The van der Waals surface area contributed by atoms with Crippen molar-refractivity contribution in [1.29, 1.82) is 0 Å². The number of fused-ring (bicyclic) bond motifs is 1. The number of hydrogen-bond donors (Lipinski definition) is 3. The van der Waals surface area contributed by atoms with Gasteiger partial charge < -0.3 is 30.0 Å². The van der Waals surface area contributed by atoms with Crippen LogP contribution >= 0.6 is 11.9 Å². The first-order valence-electron chi connectivity index (χ1n) is 13.2. The second kappa shape index (κ2) is 11.8. The lowest BCUT2D eigenvalue weighted by Crippen LogP contribution is -2.51. The summed E-state index contributed by atoms with van der Waals surface area (Å²) < 4.78 is 10.9. The molecule has 1 fully saturated rings. The Bertz CT molecular complexity index is 1440. The van der Waals surface area contributed by atoms with Crippen molar-refractivity contribution in [2.75, 3.05) is 49.6 Å². The molecule has 2 heterocycles. The molecule has 0 radical (unpaired) electrons. The summed E-state index contributed by atoms with van der Waals surface area (Å²) in [6.07, 6.45) is 1.94. The molecule has 2 aromatic carbocycles. The third kappa shape index (κ3) is 6.05. The number of nitrogens with two attached hydrogens (primary N) is 1. The highest BCUT2D eigenvalue weighted by Gasteiger charge is 2.26. The summed E-state index contributed by atoms with van der Waals surface area (Å²) >= 11 is 1.46. The molecule has 214 valence electrons. The van der Waals surface area contributed by atoms with Crippen LogP contribution in [0.5, 0.6) is 5.75 Å². The van der Waals surface area contributed by atoms with Crippen LogP contribution in [0, 0.1) is 0 Å². The molecule has 1 aromatic heterocycles. The lowest BCUT2D eigenvalue weighted by Gasteiger charge is -2.34. The Morgan fingerprint density at radius 2 is 1.73 bits per heavy atom. The van der Waals surface area contributed by atoms with Crippen LogP contribution in [0.4, 0.5) is 11.4 Å². The topological polar surface area (TPSA) is 122 Å². The van der Waals surface area contributed by atoms with Gasteiger partial charge in [-0.2, -0.15) is 0 Å². The van der Waals surface area contributed by atoms with Crippen molar-refractivity contribution >= 4 is 51.9 Å². The molecule has 40 heavy (non-hydrogen) atoms. The molecule has 0 saturated carbocycles. The van der Waals surface area contributed by atoms with Gasteiger partial charge in [-0.25, -0.2) is 0 Å². The van der Waals surface area contributed by atoms with Gasteiger partial charge in [-0.3, -0.25) is 19.3 Å². The molecule has 0 bridgehead atoms. The minimum absolute atomic E-state index is 0.131. The summed E-state index contributed by atoms with van der Waals surface area (Å²) in [7, 11) is 3.49. The highest BCUT2D eigenvalue weighted by Crippen LogP contribution is 2.40. The number of benzene rings is 2. The Hall–Kier alpha value is -3.70. The molecule has 1 saturated heterocycles. The third-order valence-corrected chi connectivity index (χ3v) is 7.68. The van der Waals surface area contributed by atoms with Crippen LogP contribution in [0.25, 0.3) is 10.9 Å². The number of methoxy groups -OCH3 is 1. The number of amides is 3. The summed E-state index contributed by atoms with van der Waals surface area (Å²) in [6.45, 7) is 9.19. The SMILES string of the molecule is COc1c(NSC)cc(C(C)(C)C)cc1NC(=O)c1cc2cccc(CN3CCN(C(=O)C(N)=O)CC3)c2n1C. The van der Waals surface area contributed by atoms with Crippen LogP contribution in [0.15, 0.2) is 36.4 Å². The van der Waals surface area contributed by atoms with Gasteiger partial charge in [-0.05, 0) is 34.7 Å². The van der Waals surface area contributed by atoms with Crippen molar-refractivity contribution in [3.8, 4) is 5.75 Å². The van der Waals surface area contributed by atoms with Gasteiger partial charge in [0, 0.05) is 51.4 Å². The maximum atomic E-state index is 13.7. The average Bonchev–Trinajstić information content (AvgIpc) is 3.25. The van der Waals surface area contributed by atoms with E-state index >= 15 is 0 Å². The molecule has 0 atom stereocenters. The largest absolute Gasteiger partial charge is 0.492 e. The quantitative estimate of drug-likeness (QED) is 0.295. The normalized spacial score (nSPS) is 14.3. The molecule has 0 spiro atoms. The summed E-state index contributed by atoms with van der Waals surface area (Å²) in [5, 5.41) is 4.06. The monoisotopic (exact) mass is 566 g/mol. The maximum Gasteiger partial charge on any atom is 0.311 e. The van der Waals surface area contributed by atoms with Gasteiger partial charge in [-0.15, -0.1) is 0 Å². The van der Waals surface area contributed by atoms with Crippen LogP contribution in [-0.4, -0.2) is 71.6 Å². The molecular formula is C29H38N6O4S. The summed E-state index contributed by atoms with van der Waals surface area (Å²) in [4.78, 5) is 40.5. The second-order valence-corrected chi connectivity index (χ2v) is 11.6. The zero-order valence-corrected chi connectivity index (χ0v) is 24.8. The molecule has 4 N–H and O–H groups in total. The molecule has 1 aliphatic rings.